The molecule has 0 aliphatic carbocycles. The summed E-state index contributed by atoms with van der Waals surface area (Å²) in [6.45, 7) is 0.728. The number of hydrogen-bond acceptors (Lipinski definition) is 3. The van der Waals surface area contributed by atoms with Gasteiger partial charge in [0.05, 0.1) is 0 Å². The molecule has 94 valence electrons. The lowest BCUT2D eigenvalue weighted by Gasteiger charge is -2.07. The van der Waals surface area contributed by atoms with Gasteiger partial charge in [0.2, 0.25) is 5.88 Å². The standard InChI is InChI=1S/C13H12BrFN2O/c1-16-8-9-2-3-17-13(4-9)18-12-6-10(14)5-11(15)7-12/h2-7,16H,8H2,1H3. The average molecular weight is 311 g/mol. The number of nitrogens with one attached hydrogen (secondary N) is 1. The first-order valence-corrected chi connectivity index (χ1v) is 6.20. The summed E-state index contributed by atoms with van der Waals surface area (Å²) in [5.41, 5.74) is 1.05. The molecule has 0 spiro atoms. The molecule has 5 heteroatoms. The van der Waals surface area contributed by atoms with Crippen molar-refractivity contribution in [1.29, 1.82) is 0 Å². The van der Waals surface area contributed by atoms with E-state index in [1.165, 1.54) is 12.1 Å². The van der Waals surface area contributed by atoms with Crippen molar-refractivity contribution in [3.63, 3.8) is 0 Å². The number of rotatable bonds is 4. The molecule has 3 nitrogen and oxygen atoms in total. The Bertz CT molecular complexity index is 528. The maximum absolute atomic E-state index is 13.2. The second-order valence-electron chi connectivity index (χ2n) is 3.74. The third-order valence-electron chi connectivity index (χ3n) is 2.24. The van der Waals surface area contributed by atoms with E-state index < -0.39 is 0 Å². The van der Waals surface area contributed by atoms with E-state index >= 15 is 0 Å². The Morgan fingerprint density at radius 1 is 1.33 bits per heavy atom. The van der Waals surface area contributed by atoms with E-state index in [0.29, 0.717) is 16.1 Å². The number of nitrogens with zero attached hydrogens (tertiary/aromatic N) is 1. The Morgan fingerprint density at radius 3 is 2.89 bits per heavy atom. The van der Waals surface area contributed by atoms with Gasteiger partial charge in [0.25, 0.3) is 0 Å². The SMILES string of the molecule is CNCc1ccnc(Oc2cc(F)cc(Br)c2)c1. The monoisotopic (exact) mass is 310 g/mol. The van der Waals surface area contributed by atoms with Crippen LogP contribution in [0, 0.1) is 5.82 Å². The first-order valence-electron chi connectivity index (χ1n) is 5.41. The fourth-order valence-electron chi connectivity index (χ4n) is 1.53. The van der Waals surface area contributed by atoms with Crippen molar-refractivity contribution >= 4 is 15.9 Å². The number of halogens is 2. The van der Waals surface area contributed by atoms with E-state index in [4.69, 9.17) is 4.74 Å². The second kappa shape index (κ2) is 5.93. The minimum Gasteiger partial charge on any atom is -0.439 e. The van der Waals surface area contributed by atoms with Gasteiger partial charge in [-0.2, -0.15) is 0 Å². The van der Waals surface area contributed by atoms with Crippen LogP contribution >= 0.6 is 15.9 Å². The molecule has 1 aromatic carbocycles. The van der Waals surface area contributed by atoms with Gasteiger partial charge in [0.1, 0.15) is 11.6 Å². The molecule has 0 saturated carbocycles. The van der Waals surface area contributed by atoms with Gasteiger partial charge in [-0.3, -0.25) is 0 Å². The summed E-state index contributed by atoms with van der Waals surface area (Å²) in [5.74, 6) is 0.502. The highest BCUT2D eigenvalue weighted by Gasteiger charge is 2.03. The molecule has 18 heavy (non-hydrogen) atoms. The van der Waals surface area contributed by atoms with Crippen molar-refractivity contribution in [2.75, 3.05) is 7.05 Å². The van der Waals surface area contributed by atoms with Crippen LogP contribution in [0.3, 0.4) is 0 Å². The van der Waals surface area contributed by atoms with Gasteiger partial charge >= 0.3 is 0 Å². The highest BCUT2D eigenvalue weighted by Crippen LogP contribution is 2.25. The van der Waals surface area contributed by atoms with E-state index in [2.05, 4.69) is 26.2 Å². The second-order valence-corrected chi connectivity index (χ2v) is 4.66. The van der Waals surface area contributed by atoms with Gasteiger partial charge in [0.15, 0.2) is 0 Å². The van der Waals surface area contributed by atoms with Crippen molar-refractivity contribution in [1.82, 2.24) is 10.3 Å². The van der Waals surface area contributed by atoms with Gasteiger partial charge in [-0.15, -0.1) is 0 Å². The lowest BCUT2D eigenvalue weighted by atomic mass is 10.2. The summed E-state index contributed by atoms with van der Waals surface area (Å²) in [6, 6.07) is 8.09. The van der Waals surface area contributed by atoms with Crippen LogP contribution in [0.4, 0.5) is 4.39 Å². The lowest BCUT2D eigenvalue weighted by molar-refractivity contribution is 0.456. The molecule has 0 unspecified atom stereocenters. The van der Waals surface area contributed by atoms with Crippen molar-refractivity contribution in [2.24, 2.45) is 0 Å². The summed E-state index contributed by atoms with van der Waals surface area (Å²) in [6.07, 6.45) is 1.66. The quantitative estimate of drug-likeness (QED) is 0.938. The van der Waals surface area contributed by atoms with Crippen LogP contribution < -0.4 is 10.1 Å². The van der Waals surface area contributed by atoms with Gasteiger partial charge < -0.3 is 10.1 Å². The fourth-order valence-corrected chi connectivity index (χ4v) is 1.97. The number of ether oxygens (including phenoxy) is 1. The molecule has 0 radical (unpaired) electrons. The van der Waals surface area contributed by atoms with Crippen LogP contribution in [-0.2, 0) is 6.54 Å². The van der Waals surface area contributed by atoms with Gasteiger partial charge in [-0.1, -0.05) is 15.9 Å². The van der Waals surface area contributed by atoms with Crippen LogP contribution in [-0.4, -0.2) is 12.0 Å². The topological polar surface area (TPSA) is 34.2 Å². The minimum absolute atomic E-state index is 0.356. The zero-order chi connectivity index (χ0) is 13.0. The zero-order valence-corrected chi connectivity index (χ0v) is 11.4. The Morgan fingerprint density at radius 2 is 2.17 bits per heavy atom. The third-order valence-corrected chi connectivity index (χ3v) is 2.70. The third kappa shape index (κ3) is 3.51. The molecule has 0 bridgehead atoms. The number of benzene rings is 1. The predicted octanol–water partition coefficient (Wildman–Crippen LogP) is 3.49. The highest BCUT2D eigenvalue weighted by molar-refractivity contribution is 9.10. The van der Waals surface area contributed by atoms with E-state index in [1.807, 2.05) is 19.2 Å². The zero-order valence-electron chi connectivity index (χ0n) is 9.78. The molecular weight excluding hydrogens is 299 g/mol. The Kier molecular flexibility index (Phi) is 4.28. The molecule has 0 amide bonds. The van der Waals surface area contributed by atoms with Gasteiger partial charge in [0, 0.05) is 29.3 Å². The van der Waals surface area contributed by atoms with Crippen molar-refractivity contribution in [2.45, 2.75) is 6.54 Å². The molecule has 1 heterocycles. The highest BCUT2D eigenvalue weighted by atomic mass is 79.9. The molecule has 1 aromatic heterocycles. The summed E-state index contributed by atoms with van der Waals surface area (Å²) < 4.78 is 19.3. The minimum atomic E-state index is -0.356. The van der Waals surface area contributed by atoms with Crippen molar-refractivity contribution in [3.8, 4) is 11.6 Å². The van der Waals surface area contributed by atoms with Crippen LogP contribution in [0.15, 0.2) is 41.0 Å². The van der Waals surface area contributed by atoms with Crippen LogP contribution in [0.2, 0.25) is 0 Å². The van der Waals surface area contributed by atoms with E-state index in [0.717, 1.165) is 12.1 Å². The van der Waals surface area contributed by atoms with E-state index in [1.54, 1.807) is 12.3 Å². The fraction of sp³-hybridized carbons (Fsp3) is 0.154. The molecule has 0 aliphatic rings. The Labute approximate surface area is 113 Å². The smallest absolute Gasteiger partial charge is 0.219 e. The van der Waals surface area contributed by atoms with E-state index in [-0.39, 0.29) is 5.82 Å². The molecule has 0 atom stereocenters. The molecule has 0 fully saturated rings. The van der Waals surface area contributed by atoms with Crippen LogP contribution in [0.25, 0.3) is 0 Å². The molecule has 2 aromatic rings. The first kappa shape index (κ1) is 13.0. The maximum Gasteiger partial charge on any atom is 0.219 e. The maximum atomic E-state index is 13.2. The lowest BCUT2D eigenvalue weighted by Crippen LogP contribution is -2.05. The van der Waals surface area contributed by atoms with Crippen molar-refractivity contribution in [3.05, 3.63) is 52.4 Å². The predicted molar refractivity (Wildman–Crippen MR) is 71.2 cm³/mol. The van der Waals surface area contributed by atoms with Gasteiger partial charge in [-0.25, -0.2) is 9.37 Å². The summed E-state index contributed by atoms with van der Waals surface area (Å²) in [5, 5.41) is 3.04. The molecular formula is C13H12BrFN2O. The number of aromatic nitrogens is 1. The molecule has 2 rings (SSSR count). The molecule has 0 saturated heterocycles. The Balaban J connectivity index is 2.20. The largest absolute Gasteiger partial charge is 0.439 e. The van der Waals surface area contributed by atoms with Gasteiger partial charge in [-0.05, 0) is 30.8 Å². The van der Waals surface area contributed by atoms with Crippen molar-refractivity contribution < 1.29 is 9.13 Å². The molecule has 0 aliphatic heterocycles. The van der Waals surface area contributed by atoms with Crippen LogP contribution in [0.1, 0.15) is 5.56 Å². The van der Waals surface area contributed by atoms with E-state index in [9.17, 15) is 4.39 Å². The average Bonchev–Trinajstić information content (AvgIpc) is 2.28. The van der Waals surface area contributed by atoms with Crippen LogP contribution in [0.5, 0.6) is 11.6 Å². The number of hydrogen-bond donors (Lipinski definition) is 1. The summed E-state index contributed by atoms with van der Waals surface area (Å²) in [7, 11) is 1.87. The summed E-state index contributed by atoms with van der Waals surface area (Å²) in [4.78, 5) is 4.09. The Hall–Kier alpha value is -1.46. The summed E-state index contributed by atoms with van der Waals surface area (Å²) >= 11 is 3.22. The molecule has 1 N–H and O–H groups in total. The number of pyridine rings is 1. The first-order chi connectivity index (χ1) is 8.67. The normalized spacial score (nSPS) is 10.4.